The van der Waals surface area contributed by atoms with Crippen molar-refractivity contribution in [2.45, 2.75) is 77.4 Å². The molecule has 2 unspecified atom stereocenters. The fourth-order valence-electron chi connectivity index (χ4n) is 3.28. The van der Waals surface area contributed by atoms with Crippen molar-refractivity contribution in [2.24, 2.45) is 0 Å². The van der Waals surface area contributed by atoms with Gasteiger partial charge in [-0.25, -0.2) is 0 Å². The van der Waals surface area contributed by atoms with Crippen molar-refractivity contribution in [3.63, 3.8) is 0 Å². The molecule has 0 bridgehead atoms. The predicted molar refractivity (Wildman–Crippen MR) is 71.9 cm³/mol. The highest BCUT2D eigenvalue weighted by Gasteiger charge is 2.52. The average Bonchev–Trinajstić information content (AvgIpc) is 2.16. The lowest BCUT2D eigenvalue weighted by atomic mass is 10.2. The highest BCUT2D eigenvalue weighted by Crippen LogP contribution is 2.52. The molecule has 0 N–H and O–H groups in total. The summed E-state index contributed by atoms with van der Waals surface area (Å²) in [5.41, 5.74) is 1.47. The molecule has 0 aromatic carbocycles. The zero-order valence-electron chi connectivity index (χ0n) is 12.0. The van der Waals surface area contributed by atoms with Gasteiger partial charge in [0.1, 0.15) is 0 Å². The second-order valence-corrected chi connectivity index (χ2v) is 11.3. The standard InChI is InChI=1S/C13H30OSi/c1-9-11(3)15(14-8,12(4)10-2)13(5,6)7/h11-12H,9-10H2,1-8H3. The molecule has 2 heteroatoms. The maximum atomic E-state index is 6.15. The third-order valence-corrected chi connectivity index (χ3v) is 11.0. The minimum Gasteiger partial charge on any atom is -0.419 e. The molecule has 2 atom stereocenters. The van der Waals surface area contributed by atoms with E-state index in [-0.39, 0.29) is 0 Å². The van der Waals surface area contributed by atoms with Gasteiger partial charge < -0.3 is 4.43 Å². The zero-order chi connectivity index (χ0) is 12.3. The number of hydrogen-bond acceptors (Lipinski definition) is 1. The summed E-state index contributed by atoms with van der Waals surface area (Å²) in [6, 6.07) is 0. The Balaban J connectivity index is 5.30. The molecule has 0 saturated carbocycles. The van der Waals surface area contributed by atoms with E-state index in [0.29, 0.717) is 5.04 Å². The van der Waals surface area contributed by atoms with Crippen molar-refractivity contribution in [1.82, 2.24) is 0 Å². The Morgan fingerprint density at radius 3 is 1.47 bits per heavy atom. The highest BCUT2D eigenvalue weighted by atomic mass is 28.4. The van der Waals surface area contributed by atoms with Gasteiger partial charge in [0.25, 0.3) is 0 Å². The molecule has 0 fully saturated rings. The third kappa shape index (κ3) is 2.65. The van der Waals surface area contributed by atoms with Crippen LogP contribution in [0.4, 0.5) is 0 Å². The molecule has 1 nitrogen and oxygen atoms in total. The average molecular weight is 230 g/mol. The SMILES string of the molecule is CCC(C)[Si](OC)(C(C)CC)C(C)(C)C. The molecule has 0 aliphatic carbocycles. The lowest BCUT2D eigenvalue weighted by Crippen LogP contribution is -2.53. The fourth-order valence-corrected chi connectivity index (χ4v) is 9.84. The minimum absolute atomic E-state index is 0.326. The van der Waals surface area contributed by atoms with Crippen LogP contribution in [0.2, 0.25) is 16.1 Å². The third-order valence-electron chi connectivity index (χ3n) is 4.20. The molecule has 92 valence electrons. The molecular weight excluding hydrogens is 200 g/mol. The highest BCUT2D eigenvalue weighted by molar-refractivity contribution is 6.79. The zero-order valence-corrected chi connectivity index (χ0v) is 13.0. The van der Waals surface area contributed by atoms with E-state index in [9.17, 15) is 0 Å². The molecule has 15 heavy (non-hydrogen) atoms. The summed E-state index contributed by atoms with van der Waals surface area (Å²) in [7, 11) is 0.262. The van der Waals surface area contributed by atoms with Crippen molar-refractivity contribution < 1.29 is 4.43 Å². The Bertz CT molecular complexity index is 173. The van der Waals surface area contributed by atoms with Crippen LogP contribution in [0.5, 0.6) is 0 Å². The first kappa shape index (κ1) is 15.2. The summed E-state index contributed by atoms with van der Waals surface area (Å²) in [6.45, 7) is 16.4. The summed E-state index contributed by atoms with van der Waals surface area (Å²) in [5, 5.41) is 0.326. The van der Waals surface area contributed by atoms with Gasteiger partial charge in [-0.3, -0.25) is 0 Å². The van der Waals surface area contributed by atoms with E-state index in [4.69, 9.17) is 4.43 Å². The maximum Gasteiger partial charge on any atom is 0.203 e. The Morgan fingerprint density at radius 2 is 1.33 bits per heavy atom. The van der Waals surface area contributed by atoms with E-state index in [1.54, 1.807) is 0 Å². The normalized spacial score (nSPS) is 20.8. The van der Waals surface area contributed by atoms with Crippen molar-refractivity contribution in [3.05, 3.63) is 0 Å². The molecule has 0 amide bonds. The topological polar surface area (TPSA) is 9.23 Å². The monoisotopic (exact) mass is 230 g/mol. The van der Waals surface area contributed by atoms with Gasteiger partial charge in [-0.2, -0.15) is 0 Å². The van der Waals surface area contributed by atoms with Crippen LogP contribution >= 0.6 is 0 Å². The van der Waals surface area contributed by atoms with Gasteiger partial charge in [0.2, 0.25) is 8.32 Å². The van der Waals surface area contributed by atoms with Crippen LogP contribution in [0.15, 0.2) is 0 Å². The largest absolute Gasteiger partial charge is 0.419 e. The quantitative estimate of drug-likeness (QED) is 0.605. The number of hydrogen-bond donors (Lipinski definition) is 0. The van der Waals surface area contributed by atoms with Gasteiger partial charge in [0.05, 0.1) is 0 Å². The lowest BCUT2D eigenvalue weighted by molar-refractivity contribution is 0.328. The van der Waals surface area contributed by atoms with Gasteiger partial charge in [-0.05, 0) is 16.1 Å². The molecule has 0 aliphatic heterocycles. The summed E-state index contributed by atoms with van der Waals surface area (Å²) in [6.07, 6.45) is 2.48. The van der Waals surface area contributed by atoms with E-state index < -0.39 is 8.32 Å². The van der Waals surface area contributed by atoms with Crippen LogP contribution in [0, 0.1) is 0 Å². The van der Waals surface area contributed by atoms with Gasteiger partial charge >= 0.3 is 0 Å². The summed E-state index contributed by atoms with van der Waals surface area (Å²) in [5.74, 6) is 0. The van der Waals surface area contributed by atoms with Gasteiger partial charge in [0, 0.05) is 7.11 Å². The second kappa shape index (κ2) is 5.49. The molecule has 0 aromatic heterocycles. The van der Waals surface area contributed by atoms with E-state index in [1.165, 1.54) is 12.8 Å². The molecule has 0 radical (unpaired) electrons. The van der Waals surface area contributed by atoms with Crippen molar-refractivity contribution in [3.8, 4) is 0 Å². The second-order valence-electron chi connectivity index (χ2n) is 5.87. The molecule has 0 rings (SSSR count). The van der Waals surface area contributed by atoms with Crippen LogP contribution < -0.4 is 0 Å². The summed E-state index contributed by atoms with van der Waals surface area (Å²) < 4.78 is 6.15. The smallest absolute Gasteiger partial charge is 0.203 e. The lowest BCUT2D eigenvalue weighted by Gasteiger charge is -2.49. The predicted octanol–water partition coefficient (Wildman–Crippen LogP) is 4.98. The van der Waals surface area contributed by atoms with E-state index in [2.05, 4.69) is 48.5 Å². The molecular formula is C13H30OSi. The Hall–Kier alpha value is 0.177. The minimum atomic E-state index is -1.68. The number of rotatable bonds is 5. The first-order valence-corrected chi connectivity index (χ1v) is 8.39. The van der Waals surface area contributed by atoms with Crippen LogP contribution in [0.1, 0.15) is 61.3 Å². The van der Waals surface area contributed by atoms with Crippen molar-refractivity contribution in [2.75, 3.05) is 7.11 Å². The molecule has 0 saturated heterocycles. The Kier molecular flexibility index (Phi) is 5.55. The van der Waals surface area contributed by atoms with Gasteiger partial charge in [-0.15, -0.1) is 0 Å². The Morgan fingerprint density at radius 1 is 1.00 bits per heavy atom. The molecule has 0 aromatic rings. The maximum absolute atomic E-state index is 6.15. The van der Waals surface area contributed by atoms with E-state index >= 15 is 0 Å². The molecule has 0 aliphatic rings. The van der Waals surface area contributed by atoms with Crippen LogP contribution in [-0.2, 0) is 4.43 Å². The fraction of sp³-hybridized carbons (Fsp3) is 1.00. The van der Waals surface area contributed by atoms with Gasteiger partial charge in [-0.1, -0.05) is 61.3 Å². The molecule has 0 spiro atoms. The van der Waals surface area contributed by atoms with Crippen molar-refractivity contribution in [1.29, 1.82) is 0 Å². The first-order valence-electron chi connectivity index (χ1n) is 6.33. The van der Waals surface area contributed by atoms with Crippen LogP contribution in [-0.4, -0.2) is 15.4 Å². The Labute approximate surface area is 97.7 Å². The van der Waals surface area contributed by atoms with E-state index in [0.717, 1.165) is 11.1 Å². The van der Waals surface area contributed by atoms with Crippen molar-refractivity contribution >= 4 is 8.32 Å². The van der Waals surface area contributed by atoms with Crippen LogP contribution in [0.3, 0.4) is 0 Å². The summed E-state index contributed by atoms with van der Waals surface area (Å²) >= 11 is 0. The van der Waals surface area contributed by atoms with Gasteiger partial charge in [0.15, 0.2) is 0 Å². The van der Waals surface area contributed by atoms with Crippen LogP contribution in [0.25, 0.3) is 0 Å². The first-order chi connectivity index (χ1) is 6.77. The molecule has 0 heterocycles. The van der Waals surface area contributed by atoms with E-state index in [1.807, 2.05) is 7.11 Å². The summed E-state index contributed by atoms with van der Waals surface area (Å²) in [4.78, 5) is 0.